The van der Waals surface area contributed by atoms with E-state index < -0.39 is 5.79 Å². The fourth-order valence-electron chi connectivity index (χ4n) is 2.03. The monoisotopic (exact) mass is 279 g/mol. The van der Waals surface area contributed by atoms with E-state index in [1.165, 1.54) is 0 Å². The SMILES string of the molecule is COC1(OC)/C(=N/O)CCCCCC1Br. The minimum absolute atomic E-state index is 0.0196. The number of ether oxygens (including phenoxy) is 2. The Labute approximate surface area is 98.8 Å². The second-order valence-electron chi connectivity index (χ2n) is 3.69. The molecule has 0 heterocycles. The lowest BCUT2D eigenvalue weighted by molar-refractivity contribution is -0.156. The molecule has 0 amide bonds. The van der Waals surface area contributed by atoms with E-state index in [1.807, 2.05) is 0 Å². The maximum Gasteiger partial charge on any atom is 0.224 e. The van der Waals surface area contributed by atoms with E-state index in [0.29, 0.717) is 12.1 Å². The number of methoxy groups -OCH3 is 2. The Kier molecular flexibility index (Phi) is 5.02. The summed E-state index contributed by atoms with van der Waals surface area (Å²) in [5, 5.41) is 12.4. The first-order valence-corrected chi connectivity index (χ1v) is 6.08. The predicted molar refractivity (Wildman–Crippen MR) is 61.8 cm³/mol. The van der Waals surface area contributed by atoms with Gasteiger partial charge in [0.05, 0.1) is 4.83 Å². The molecule has 1 rings (SSSR count). The molecule has 0 aromatic heterocycles. The fourth-order valence-corrected chi connectivity index (χ4v) is 2.99. The van der Waals surface area contributed by atoms with E-state index in [2.05, 4.69) is 21.1 Å². The molecule has 1 unspecified atom stereocenters. The van der Waals surface area contributed by atoms with Gasteiger partial charge in [-0.3, -0.25) is 0 Å². The standard InChI is InChI=1S/C10H18BrNO3/c1-14-10(15-2)8(11)6-4-3-5-7-9(10)12-13/h8,13H,3-7H2,1-2H3/b12-9+. The third-order valence-electron chi connectivity index (χ3n) is 2.91. The van der Waals surface area contributed by atoms with Gasteiger partial charge in [0.15, 0.2) is 0 Å². The van der Waals surface area contributed by atoms with Gasteiger partial charge in [-0.2, -0.15) is 0 Å². The Hall–Kier alpha value is -0.130. The molecule has 1 aliphatic rings. The highest BCUT2D eigenvalue weighted by Crippen LogP contribution is 2.33. The number of nitrogens with zero attached hydrogens (tertiary/aromatic N) is 1. The lowest BCUT2D eigenvalue weighted by Gasteiger charge is -2.36. The fraction of sp³-hybridized carbons (Fsp3) is 0.900. The molecule has 1 saturated carbocycles. The van der Waals surface area contributed by atoms with Crippen molar-refractivity contribution in [3.05, 3.63) is 0 Å². The Bertz CT molecular complexity index is 229. The van der Waals surface area contributed by atoms with Crippen molar-refractivity contribution in [2.75, 3.05) is 14.2 Å². The topological polar surface area (TPSA) is 51.0 Å². The molecular formula is C10H18BrNO3. The molecule has 88 valence electrons. The van der Waals surface area contributed by atoms with Crippen LogP contribution in [0.4, 0.5) is 0 Å². The highest BCUT2D eigenvalue weighted by molar-refractivity contribution is 9.09. The van der Waals surface area contributed by atoms with Crippen LogP contribution in [-0.2, 0) is 9.47 Å². The summed E-state index contributed by atoms with van der Waals surface area (Å²) in [5.74, 6) is -0.921. The summed E-state index contributed by atoms with van der Waals surface area (Å²) in [4.78, 5) is 0.0196. The van der Waals surface area contributed by atoms with Gasteiger partial charge >= 0.3 is 0 Å². The van der Waals surface area contributed by atoms with Crippen LogP contribution in [0.2, 0.25) is 0 Å². The molecule has 1 fully saturated rings. The summed E-state index contributed by atoms with van der Waals surface area (Å²) in [6.45, 7) is 0. The number of rotatable bonds is 2. The molecule has 1 aliphatic carbocycles. The number of hydrogen-bond acceptors (Lipinski definition) is 4. The van der Waals surface area contributed by atoms with Crippen molar-refractivity contribution in [1.82, 2.24) is 0 Å². The molecule has 1 atom stereocenters. The minimum atomic E-state index is -0.921. The third kappa shape index (κ3) is 2.52. The number of alkyl halides is 1. The lowest BCUT2D eigenvalue weighted by Crippen LogP contribution is -2.51. The van der Waals surface area contributed by atoms with Crippen molar-refractivity contribution < 1.29 is 14.7 Å². The average Bonchev–Trinajstić information content (AvgIpc) is 2.25. The molecule has 15 heavy (non-hydrogen) atoms. The molecule has 1 N–H and O–H groups in total. The highest BCUT2D eigenvalue weighted by atomic mass is 79.9. The summed E-state index contributed by atoms with van der Waals surface area (Å²) in [6.07, 6.45) is 4.93. The van der Waals surface area contributed by atoms with Crippen LogP contribution < -0.4 is 0 Å². The molecular weight excluding hydrogens is 262 g/mol. The van der Waals surface area contributed by atoms with E-state index >= 15 is 0 Å². The van der Waals surface area contributed by atoms with Crippen molar-refractivity contribution in [1.29, 1.82) is 0 Å². The van der Waals surface area contributed by atoms with Crippen LogP contribution in [0.1, 0.15) is 32.1 Å². The van der Waals surface area contributed by atoms with Crippen molar-refractivity contribution in [3.63, 3.8) is 0 Å². The van der Waals surface area contributed by atoms with Crippen molar-refractivity contribution in [3.8, 4) is 0 Å². The predicted octanol–water partition coefficient (Wildman–Crippen LogP) is 2.53. The van der Waals surface area contributed by atoms with Crippen LogP contribution >= 0.6 is 15.9 Å². The van der Waals surface area contributed by atoms with Crippen LogP contribution in [0, 0.1) is 0 Å². The van der Waals surface area contributed by atoms with E-state index in [1.54, 1.807) is 14.2 Å². The molecule has 0 radical (unpaired) electrons. The van der Waals surface area contributed by atoms with E-state index in [4.69, 9.17) is 14.7 Å². The summed E-state index contributed by atoms with van der Waals surface area (Å²) in [7, 11) is 3.15. The van der Waals surface area contributed by atoms with Gasteiger partial charge < -0.3 is 14.7 Å². The van der Waals surface area contributed by atoms with Crippen molar-refractivity contribution in [2.45, 2.75) is 42.7 Å². The Balaban J connectivity index is 2.97. The zero-order valence-electron chi connectivity index (χ0n) is 9.20. The van der Waals surface area contributed by atoms with E-state index in [0.717, 1.165) is 25.7 Å². The van der Waals surface area contributed by atoms with Crippen molar-refractivity contribution >= 4 is 21.6 Å². The number of halogens is 1. The Morgan fingerprint density at radius 2 is 2.00 bits per heavy atom. The quantitative estimate of drug-likeness (QED) is 0.366. The van der Waals surface area contributed by atoms with Crippen molar-refractivity contribution in [2.24, 2.45) is 5.16 Å². The molecule has 0 aliphatic heterocycles. The van der Waals surface area contributed by atoms with Gasteiger partial charge in [0.1, 0.15) is 5.71 Å². The zero-order chi connectivity index (χ0) is 11.3. The van der Waals surface area contributed by atoms with Crippen LogP contribution in [0.5, 0.6) is 0 Å². The molecule has 0 aromatic carbocycles. The molecule has 0 aromatic rings. The first-order valence-electron chi connectivity index (χ1n) is 5.17. The lowest BCUT2D eigenvalue weighted by atomic mass is 9.93. The second kappa shape index (κ2) is 5.82. The maximum atomic E-state index is 9.03. The molecule has 0 spiro atoms. The van der Waals surface area contributed by atoms with Gasteiger partial charge in [-0.15, -0.1) is 0 Å². The van der Waals surface area contributed by atoms with Crippen LogP contribution in [0.15, 0.2) is 5.16 Å². The van der Waals surface area contributed by atoms with Gasteiger partial charge in [0.2, 0.25) is 5.79 Å². The summed E-state index contributed by atoms with van der Waals surface area (Å²) >= 11 is 3.56. The Morgan fingerprint density at radius 1 is 1.33 bits per heavy atom. The second-order valence-corrected chi connectivity index (χ2v) is 4.79. The van der Waals surface area contributed by atoms with Gasteiger partial charge in [0, 0.05) is 14.2 Å². The van der Waals surface area contributed by atoms with Crippen LogP contribution in [0.3, 0.4) is 0 Å². The van der Waals surface area contributed by atoms with Crippen LogP contribution in [-0.4, -0.2) is 35.8 Å². The normalized spacial score (nSPS) is 29.8. The summed E-state index contributed by atoms with van der Waals surface area (Å²) < 4.78 is 10.8. The maximum absolute atomic E-state index is 9.03. The average molecular weight is 280 g/mol. The van der Waals surface area contributed by atoms with Crippen LogP contribution in [0.25, 0.3) is 0 Å². The number of hydrogen-bond donors (Lipinski definition) is 1. The molecule has 4 nitrogen and oxygen atoms in total. The zero-order valence-corrected chi connectivity index (χ0v) is 10.8. The van der Waals surface area contributed by atoms with Gasteiger partial charge in [-0.05, 0) is 19.3 Å². The number of oxime groups is 1. The largest absolute Gasteiger partial charge is 0.411 e. The minimum Gasteiger partial charge on any atom is -0.411 e. The van der Waals surface area contributed by atoms with Gasteiger partial charge in [-0.1, -0.05) is 33.9 Å². The Morgan fingerprint density at radius 3 is 2.53 bits per heavy atom. The molecule has 0 bridgehead atoms. The van der Waals surface area contributed by atoms with E-state index in [-0.39, 0.29) is 4.83 Å². The van der Waals surface area contributed by atoms with Gasteiger partial charge in [-0.25, -0.2) is 0 Å². The first kappa shape index (κ1) is 12.9. The summed E-state index contributed by atoms with van der Waals surface area (Å²) in [6, 6.07) is 0. The van der Waals surface area contributed by atoms with Gasteiger partial charge in [0.25, 0.3) is 0 Å². The third-order valence-corrected chi connectivity index (χ3v) is 3.97. The summed E-state index contributed by atoms with van der Waals surface area (Å²) in [5.41, 5.74) is 0.564. The smallest absolute Gasteiger partial charge is 0.224 e. The first-order chi connectivity index (χ1) is 7.21. The molecule has 0 saturated heterocycles. The highest BCUT2D eigenvalue weighted by Gasteiger charge is 2.44. The van der Waals surface area contributed by atoms with E-state index in [9.17, 15) is 0 Å². The molecule has 5 heteroatoms.